The van der Waals surface area contributed by atoms with Crippen molar-refractivity contribution in [3.05, 3.63) is 65.7 Å². The zero-order chi connectivity index (χ0) is 21.6. The molecule has 3 rings (SSSR count). The van der Waals surface area contributed by atoms with Crippen LogP contribution in [0.2, 0.25) is 0 Å². The van der Waals surface area contributed by atoms with E-state index in [4.69, 9.17) is 10.5 Å². The molecule has 30 heavy (non-hydrogen) atoms. The second-order valence-corrected chi connectivity index (χ2v) is 7.93. The summed E-state index contributed by atoms with van der Waals surface area (Å²) < 4.78 is 32.0. The molecule has 1 unspecified atom stereocenters. The number of hydrogen-bond donors (Lipinski definition) is 1. The van der Waals surface area contributed by atoms with Gasteiger partial charge in [-0.15, -0.1) is 0 Å². The predicted octanol–water partition coefficient (Wildman–Crippen LogP) is 3.46. The van der Waals surface area contributed by atoms with Crippen LogP contribution in [0.4, 0.5) is 8.78 Å². The number of aryl methyl sites for hydroxylation is 1. The highest BCUT2D eigenvalue weighted by atomic mass is 19.1. The van der Waals surface area contributed by atoms with E-state index in [2.05, 4.69) is 0 Å². The van der Waals surface area contributed by atoms with Crippen LogP contribution in [-0.4, -0.2) is 36.4 Å². The lowest BCUT2D eigenvalue weighted by atomic mass is 9.77. The number of benzene rings is 2. The van der Waals surface area contributed by atoms with Crippen LogP contribution in [0.5, 0.6) is 5.75 Å². The summed E-state index contributed by atoms with van der Waals surface area (Å²) in [5, 5.41) is 0. The van der Waals surface area contributed by atoms with Crippen molar-refractivity contribution in [1.82, 2.24) is 4.90 Å². The van der Waals surface area contributed by atoms with E-state index in [0.29, 0.717) is 38.1 Å². The first-order valence-electron chi connectivity index (χ1n) is 10.0. The molecular weight excluding hydrogens is 390 g/mol. The van der Waals surface area contributed by atoms with E-state index < -0.39 is 11.3 Å². The third-order valence-electron chi connectivity index (χ3n) is 5.46. The van der Waals surface area contributed by atoms with Gasteiger partial charge in [0.05, 0.1) is 6.61 Å². The Hall–Kier alpha value is -2.96. The first-order valence-corrected chi connectivity index (χ1v) is 10.0. The number of ether oxygens (including phenoxy) is 1. The van der Waals surface area contributed by atoms with E-state index >= 15 is 0 Å². The standard InChI is InChI=1S/C23H26F2N2O3/c24-18-5-2-17(3-6-18)4-11-22(29)27-13-1-12-23(15-27,14-21(26)28)16-30-20-9-7-19(25)8-10-20/h2-3,5-10H,1,4,11-16H2,(H2,26,28). The maximum Gasteiger partial charge on any atom is 0.222 e. The van der Waals surface area contributed by atoms with E-state index in [-0.39, 0.29) is 30.6 Å². The summed E-state index contributed by atoms with van der Waals surface area (Å²) in [6.45, 7) is 1.20. The summed E-state index contributed by atoms with van der Waals surface area (Å²) in [7, 11) is 0. The molecule has 2 aromatic carbocycles. The minimum Gasteiger partial charge on any atom is -0.493 e. The number of hydrogen-bond acceptors (Lipinski definition) is 3. The molecule has 2 N–H and O–H groups in total. The highest BCUT2D eigenvalue weighted by molar-refractivity contribution is 5.77. The highest BCUT2D eigenvalue weighted by Gasteiger charge is 2.39. The molecule has 0 aliphatic carbocycles. The molecule has 5 nitrogen and oxygen atoms in total. The highest BCUT2D eigenvalue weighted by Crippen LogP contribution is 2.34. The lowest BCUT2D eigenvalue weighted by molar-refractivity contribution is -0.137. The summed E-state index contributed by atoms with van der Waals surface area (Å²) in [6.07, 6.45) is 2.37. The first-order chi connectivity index (χ1) is 14.3. The van der Waals surface area contributed by atoms with Crippen LogP contribution in [0.15, 0.2) is 48.5 Å². The van der Waals surface area contributed by atoms with Crippen molar-refractivity contribution in [3.8, 4) is 5.75 Å². The minimum absolute atomic E-state index is 0.0188. The van der Waals surface area contributed by atoms with Gasteiger partial charge in [0.15, 0.2) is 0 Å². The fraction of sp³-hybridized carbons (Fsp3) is 0.391. The lowest BCUT2D eigenvalue weighted by Gasteiger charge is -2.42. The molecular formula is C23H26F2N2O3. The van der Waals surface area contributed by atoms with Crippen LogP contribution in [-0.2, 0) is 16.0 Å². The lowest BCUT2D eigenvalue weighted by Crippen LogP contribution is -2.50. The molecule has 1 aliphatic heterocycles. The van der Waals surface area contributed by atoms with E-state index in [9.17, 15) is 18.4 Å². The number of primary amides is 1. The van der Waals surface area contributed by atoms with Gasteiger partial charge in [0.2, 0.25) is 11.8 Å². The smallest absolute Gasteiger partial charge is 0.222 e. The van der Waals surface area contributed by atoms with Gasteiger partial charge in [0, 0.05) is 31.3 Å². The van der Waals surface area contributed by atoms with Gasteiger partial charge in [-0.1, -0.05) is 12.1 Å². The molecule has 1 aliphatic rings. The van der Waals surface area contributed by atoms with E-state index in [1.807, 2.05) is 0 Å². The minimum atomic E-state index is -0.579. The zero-order valence-electron chi connectivity index (χ0n) is 16.8. The Kier molecular flexibility index (Phi) is 7.03. The molecule has 7 heteroatoms. The van der Waals surface area contributed by atoms with E-state index in [1.54, 1.807) is 17.0 Å². The van der Waals surface area contributed by atoms with Crippen molar-refractivity contribution in [2.24, 2.45) is 11.1 Å². The maximum atomic E-state index is 13.1. The van der Waals surface area contributed by atoms with Crippen molar-refractivity contribution in [3.63, 3.8) is 0 Å². The second-order valence-electron chi connectivity index (χ2n) is 7.93. The SMILES string of the molecule is NC(=O)CC1(COc2ccc(F)cc2)CCCN(C(=O)CCc2ccc(F)cc2)C1. The molecule has 0 saturated carbocycles. The number of carbonyl (C=O) groups excluding carboxylic acids is 2. The molecule has 0 bridgehead atoms. The molecule has 160 valence electrons. The average Bonchev–Trinajstić information content (AvgIpc) is 2.72. The quantitative estimate of drug-likeness (QED) is 0.716. The maximum absolute atomic E-state index is 13.1. The summed E-state index contributed by atoms with van der Waals surface area (Å²) in [6, 6.07) is 11.8. The van der Waals surface area contributed by atoms with Crippen LogP contribution in [0, 0.1) is 17.0 Å². The number of nitrogens with two attached hydrogens (primary N) is 1. The monoisotopic (exact) mass is 416 g/mol. The van der Waals surface area contributed by atoms with Crippen LogP contribution in [0.25, 0.3) is 0 Å². The van der Waals surface area contributed by atoms with Gasteiger partial charge in [-0.25, -0.2) is 8.78 Å². The number of piperidine rings is 1. The number of halogens is 2. The molecule has 2 amide bonds. The molecule has 2 aromatic rings. The predicted molar refractivity (Wildman–Crippen MR) is 109 cm³/mol. The van der Waals surface area contributed by atoms with Gasteiger partial charge in [-0.3, -0.25) is 9.59 Å². The average molecular weight is 416 g/mol. The number of likely N-dealkylation sites (tertiary alicyclic amines) is 1. The molecule has 0 aromatic heterocycles. The number of carbonyl (C=O) groups is 2. The fourth-order valence-electron chi connectivity index (χ4n) is 3.93. The Morgan fingerprint density at radius 3 is 2.30 bits per heavy atom. The van der Waals surface area contributed by atoms with Crippen molar-refractivity contribution < 1.29 is 23.1 Å². The zero-order valence-corrected chi connectivity index (χ0v) is 16.8. The summed E-state index contributed by atoms with van der Waals surface area (Å²) >= 11 is 0. The molecule has 1 heterocycles. The number of rotatable bonds is 8. The van der Waals surface area contributed by atoms with Crippen LogP contribution < -0.4 is 10.5 Å². The molecule has 1 atom stereocenters. The Morgan fingerprint density at radius 1 is 1.03 bits per heavy atom. The fourth-order valence-corrected chi connectivity index (χ4v) is 3.93. The van der Waals surface area contributed by atoms with Crippen molar-refractivity contribution in [2.45, 2.75) is 32.1 Å². The van der Waals surface area contributed by atoms with Crippen molar-refractivity contribution in [1.29, 1.82) is 0 Å². The van der Waals surface area contributed by atoms with Gasteiger partial charge < -0.3 is 15.4 Å². The third kappa shape index (κ3) is 6.02. The second kappa shape index (κ2) is 9.69. The Morgan fingerprint density at radius 2 is 1.67 bits per heavy atom. The first kappa shape index (κ1) is 21.7. The van der Waals surface area contributed by atoms with Crippen molar-refractivity contribution >= 4 is 11.8 Å². The Bertz CT molecular complexity index is 871. The van der Waals surface area contributed by atoms with Crippen LogP contribution in [0.1, 0.15) is 31.2 Å². The van der Waals surface area contributed by atoms with Crippen LogP contribution in [0.3, 0.4) is 0 Å². The Labute approximate surface area is 174 Å². The van der Waals surface area contributed by atoms with Gasteiger partial charge in [-0.2, -0.15) is 0 Å². The molecule has 1 saturated heterocycles. The van der Waals surface area contributed by atoms with Gasteiger partial charge in [-0.05, 0) is 61.2 Å². The molecule has 0 radical (unpaired) electrons. The van der Waals surface area contributed by atoms with Gasteiger partial charge in [0.25, 0.3) is 0 Å². The summed E-state index contributed by atoms with van der Waals surface area (Å²) in [5.74, 6) is -0.628. The van der Waals surface area contributed by atoms with E-state index in [0.717, 1.165) is 12.0 Å². The van der Waals surface area contributed by atoms with Gasteiger partial charge >= 0.3 is 0 Å². The molecule has 0 spiro atoms. The van der Waals surface area contributed by atoms with Crippen molar-refractivity contribution in [2.75, 3.05) is 19.7 Å². The van der Waals surface area contributed by atoms with Crippen LogP contribution >= 0.6 is 0 Å². The van der Waals surface area contributed by atoms with Gasteiger partial charge in [0.1, 0.15) is 17.4 Å². The van der Waals surface area contributed by atoms with E-state index in [1.165, 1.54) is 36.4 Å². The summed E-state index contributed by atoms with van der Waals surface area (Å²) in [5.41, 5.74) is 5.80. The number of nitrogens with zero attached hydrogens (tertiary/aromatic N) is 1. The number of amides is 2. The summed E-state index contributed by atoms with van der Waals surface area (Å²) in [4.78, 5) is 26.3. The Balaban J connectivity index is 1.63. The normalized spacial score (nSPS) is 18.8. The molecule has 1 fully saturated rings. The largest absolute Gasteiger partial charge is 0.493 e. The topological polar surface area (TPSA) is 72.6 Å². The third-order valence-corrected chi connectivity index (χ3v) is 5.46.